The van der Waals surface area contributed by atoms with E-state index in [9.17, 15) is 9.90 Å². The number of hydrogen-bond donors (Lipinski definition) is 2. The Morgan fingerprint density at radius 3 is 2.71 bits per heavy atom. The first kappa shape index (κ1) is 11.2. The second kappa shape index (κ2) is 3.93. The average Bonchev–Trinajstić information content (AvgIpc) is 2.60. The maximum absolute atomic E-state index is 11.1. The smallest absolute Gasteiger partial charge is 0.339 e. The molecule has 0 unspecified atom stereocenters. The molecule has 0 saturated carbocycles. The molecule has 1 aromatic heterocycles. The molecule has 5 nitrogen and oxygen atoms in total. The minimum absolute atomic E-state index is 0.0519. The normalized spacial score (nSPS) is 10.5. The van der Waals surface area contributed by atoms with Crippen LogP contribution in [-0.2, 0) is 7.05 Å². The summed E-state index contributed by atoms with van der Waals surface area (Å²) in [5, 5.41) is 22.8. The lowest BCUT2D eigenvalue weighted by molar-refractivity contribution is 0.0697. The van der Waals surface area contributed by atoms with Gasteiger partial charge in [0.2, 0.25) is 0 Å². The van der Waals surface area contributed by atoms with Crippen LogP contribution in [-0.4, -0.2) is 26.0 Å². The number of carbonyl (C=O) groups is 1. The summed E-state index contributed by atoms with van der Waals surface area (Å²) in [5.74, 6) is -1.01. The van der Waals surface area contributed by atoms with E-state index in [4.69, 9.17) is 5.11 Å². The summed E-state index contributed by atoms with van der Waals surface area (Å²) < 4.78 is 1.44. The number of rotatable bonds is 2. The fourth-order valence-corrected chi connectivity index (χ4v) is 1.76. The van der Waals surface area contributed by atoms with E-state index in [1.807, 2.05) is 13.0 Å². The van der Waals surface area contributed by atoms with Crippen molar-refractivity contribution in [2.45, 2.75) is 6.92 Å². The zero-order valence-electron chi connectivity index (χ0n) is 9.51. The molecule has 0 radical (unpaired) electrons. The summed E-state index contributed by atoms with van der Waals surface area (Å²) >= 11 is 0. The predicted molar refractivity (Wildman–Crippen MR) is 62.0 cm³/mol. The van der Waals surface area contributed by atoms with Crippen LogP contribution in [0.4, 0.5) is 0 Å². The van der Waals surface area contributed by atoms with Crippen molar-refractivity contribution in [1.82, 2.24) is 9.78 Å². The number of benzene rings is 1. The first-order valence-electron chi connectivity index (χ1n) is 5.06. The van der Waals surface area contributed by atoms with Crippen LogP contribution in [0.25, 0.3) is 11.3 Å². The topological polar surface area (TPSA) is 75.3 Å². The number of aromatic nitrogens is 2. The van der Waals surface area contributed by atoms with Crippen molar-refractivity contribution in [1.29, 1.82) is 0 Å². The van der Waals surface area contributed by atoms with Gasteiger partial charge in [0.25, 0.3) is 0 Å². The highest BCUT2D eigenvalue weighted by Crippen LogP contribution is 2.31. The second-order valence-electron chi connectivity index (χ2n) is 3.86. The van der Waals surface area contributed by atoms with E-state index in [1.54, 1.807) is 19.2 Å². The molecule has 1 heterocycles. The largest absolute Gasteiger partial charge is 0.507 e. The van der Waals surface area contributed by atoms with Crippen LogP contribution in [0.5, 0.6) is 5.75 Å². The highest BCUT2D eigenvalue weighted by Gasteiger charge is 2.18. The van der Waals surface area contributed by atoms with Crippen LogP contribution in [0.15, 0.2) is 24.4 Å². The molecule has 17 heavy (non-hydrogen) atoms. The summed E-state index contributed by atoms with van der Waals surface area (Å²) in [6.45, 7) is 1.85. The van der Waals surface area contributed by atoms with E-state index in [-0.39, 0.29) is 11.3 Å². The van der Waals surface area contributed by atoms with Gasteiger partial charge in [-0.25, -0.2) is 4.79 Å². The maximum Gasteiger partial charge on any atom is 0.339 e. The van der Waals surface area contributed by atoms with Gasteiger partial charge >= 0.3 is 5.97 Å². The molecule has 0 fully saturated rings. The van der Waals surface area contributed by atoms with Crippen molar-refractivity contribution in [3.63, 3.8) is 0 Å². The third kappa shape index (κ3) is 1.87. The van der Waals surface area contributed by atoms with E-state index in [0.717, 1.165) is 5.56 Å². The Morgan fingerprint density at radius 1 is 1.41 bits per heavy atom. The van der Waals surface area contributed by atoms with Gasteiger partial charge in [0.15, 0.2) is 0 Å². The summed E-state index contributed by atoms with van der Waals surface area (Å²) in [7, 11) is 1.64. The zero-order chi connectivity index (χ0) is 12.6. The van der Waals surface area contributed by atoms with Crippen molar-refractivity contribution in [3.8, 4) is 17.0 Å². The van der Waals surface area contributed by atoms with Gasteiger partial charge in [-0.2, -0.15) is 5.10 Å². The predicted octanol–water partition coefficient (Wildman–Crippen LogP) is 1.80. The van der Waals surface area contributed by atoms with Gasteiger partial charge in [-0.15, -0.1) is 0 Å². The van der Waals surface area contributed by atoms with E-state index in [2.05, 4.69) is 5.10 Å². The lowest BCUT2D eigenvalue weighted by Gasteiger charge is -2.07. The molecule has 2 rings (SSSR count). The minimum Gasteiger partial charge on any atom is -0.507 e. The number of phenolic OH excluding ortho intramolecular Hbond substituents is 1. The Hall–Kier alpha value is -2.30. The van der Waals surface area contributed by atoms with Crippen LogP contribution in [0, 0.1) is 6.92 Å². The number of aromatic carboxylic acids is 1. The monoisotopic (exact) mass is 232 g/mol. The minimum atomic E-state index is -1.06. The molecular formula is C12H12N2O3. The Morgan fingerprint density at radius 2 is 2.12 bits per heavy atom. The number of carboxylic acids is 1. The van der Waals surface area contributed by atoms with Crippen LogP contribution in [0.1, 0.15) is 15.9 Å². The Balaban J connectivity index is 2.67. The molecule has 2 N–H and O–H groups in total. The zero-order valence-corrected chi connectivity index (χ0v) is 9.51. The number of aryl methyl sites for hydroxylation is 2. The lowest BCUT2D eigenvalue weighted by Crippen LogP contribution is -2.00. The fraction of sp³-hybridized carbons (Fsp3) is 0.167. The third-order valence-electron chi connectivity index (χ3n) is 2.58. The quantitative estimate of drug-likeness (QED) is 0.827. The molecular weight excluding hydrogens is 220 g/mol. The van der Waals surface area contributed by atoms with Gasteiger partial charge in [0.1, 0.15) is 11.3 Å². The highest BCUT2D eigenvalue weighted by molar-refractivity contribution is 5.95. The number of aromatic hydroxyl groups is 1. The fourth-order valence-electron chi connectivity index (χ4n) is 1.76. The van der Waals surface area contributed by atoms with Crippen molar-refractivity contribution in [2.24, 2.45) is 7.05 Å². The third-order valence-corrected chi connectivity index (χ3v) is 2.58. The average molecular weight is 232 g/mol. The van der Waals surface area contributed by atoms with E-state index >= 15 is 0 Å². The molecule has 0 aliphatic rings. The standard InChI is InChI=1S/C12H12N2O3/c1-7-3-4-8(10(15)5-7)11-9(12(16)17)6-13-14(11)2/h3-6,15H,1-2H3,(H,16,17). The molecule has 0 aliphatic carbocycles. The van der Waals surface area contributed by atoms with Gasteiger partial charge in [-0.05, 0) is 24.6 Å². The number of phenols is 1. The summed E-state index contributed by atoms with van der Waals surface area (Å²) in [5.41, 5.74) is 1.85. The van der Waals surface area contributed by atoms with E-state index in [1.165, 1.54) is 10.9 Å². The van der Waals surface area contributed by atoms with Crippen molar-refractivity contribution < 1.29 is 15.0 Å². The molecule has 0 spiro atoms. The number of nitrogens with zero attached hydrogens (tertiary/aromatic N) is 2. The molecule has 0 saturated heterocycles. The Labute approximate surface area is 97.9 Å². The Bertz CT molecular complexity index is 587. The van der Waals surface area contributed by atoms with Crippen molar-refractivity contribution >= 4 is 5.97 Å². The second-order valence-corrected chi connectivity index (χ2v) is 3.86. The van der Waals surface area contributed by atoms with Crippen LogP contribution >= 0.6 is 0 Å². The molecule has 88 valence electrons. The maximum atomic E-state index is 11.1. The molecule has 0 amide bonds. The van der Waals surface area contributed by atoms with Crippen molar-refractivity contribution in [3.05, 3.63) is 35.5 Å². The SMILES string of the molecule is Cc1ccc(-c2c(C(=O)O)cnn2C)c(O)c1. The first-order valence-corrected chi connectivity index (χ1v) is 5.06. The first-order chi connectivity index (χ1) is 8.00. The highest BCUT2D eigenvalue weighted by atomic mass is 16.4. The van der Waals surface area contributed by atoms with E-state index in [0.29, 0.717) is 11.3 Å². The number of hydrogen-bond acceptors (Lipinski definition) is 3. The molecule has 0 bridgehead atoms. The molecule has 5 heteroatoms. The number of carboxylic acid groups (broad SMARTS) is 1. The van der Waals surface area contributed by atoms with Crippen LogP contribution < -0.4 is 0 Å². The van der Waals surface area contributed by atoms with E-state index < -0.39 is 5.97 Å². The van der Waals surface area contributed by atoms with Gasteiger partial charge in [0, 0.05) is 12.6 Å². The summed E-state index contributed by atoms with van der Waals surface area (Å²) in [6.07, 6.45) is 1.27. The summed E-state index contributed by atoms with van der Waals surface area (Å²) in [6, 6.07) is 5.09. The van der Waals surface area contributed by atoms with Gasteiger partial charge < -0.3 is 10.2 Å². The van der Waals surface area contributed by atoms with Gasteiger partial charge in [-0.3, -0.25) is 4.68 Å². The van der Waals surface area contributed by atoms with Gasteiger partial charge in [0.05, 0.1) is 11.9 Å². The Kier molecular flexibility index (Phi) is 2.59. The molecule has 1 aromatic carbocycles. The summed E-state index contributed by atoms with van der Waals surface area (Å²) in [4.78, 5) is 11.1. The molecule has 0 atom stereocenters. The molecule has 0 aliphatic heterocycles. The molecule has 2 aromatic rings. The van der Waals surface area contributed by atoms with Crippen molar-refractivity contribution in [2.75, 3.05) is 0 Å². The van der Waals surface area contributed by atoms with Crippen LogP contribution in [0.2, 0.25) is 0 Å². The van der Waals surface area contributed by atoms with Crippen LogP contribution in [0.3, 0.4) is 0 Å². The lowest BCUT2D eigenvalue weighted by atomic mass is 10.0. The van der Waals surface area contributed by atoms with Gasteiger partial charge in [-0.1, -0.05) is 6.07 Å².